The molecule has 8 aromatic heterocycles. The lowest BCUT2D eigenvalue weighted by Crippen LogP contribution is -2.18. The van der Waals surface area contributed by atoms with E-state index in [1.54, 1.807) is 11.3 Å². The fourth-order valence-electron chi connectivity index (χ4n) is 12.9. The lowest BCUT2D eigenvalue weighted by molar-refractivity contribution is 0.984. The second-order valence-corrected chi connectivity index (χ2v) is 26.1. The Hall–Kier alpha value is -9.94. The van der Waals surface area contributed by atoms with E-state index >= 15 is 0 Å². The summed E-state index contributed by atoms with van der Waals surface area (Å²) in [5, 5.41) is 14.1. The van der Waals surface area contributed by atoms with Crippen molar-refractivity contribution < 1.29 is 0 Å². The molecule has 0 atom stereocenters. The molecule has 18 aromatic rings. The highest BCUT2D eigenvalue weighted by atomic mass is 32.1. The van der Waals surface area contributed by atoms with Crippen LogP contribution in [0, 0.1) is 0 Å². The number of thiophene rings is 4. The average Bonchev–Trinajstić information content (AvgIpc) is 2.98. The second kappa shape index (κ2) is 18.8. The fraction of sp³-hybridized carbons (Fsp3) is 0.0133. The molecule has 85 heavy (non-hydrogen) atoms. The Labute approximate surface area is 501 Å². The molecule has 0 saturated carbocycles. The van der Waals surface area contributed by atoms with E-state index < -0.39 is 0 Å². The third-order valence-electron chi connectivity index (χ3n) is 16.9. The monoisotopic (exact) mass is 1160 g/mol. The lowest BCUT2D eigenvalue weighted by Gasteiger charge is -2.13. The zero-order chi connectivity index (χ0) is 56.0. The summed E-state index contributed by atoms with van der Waals surface area (Å²) in [6.45, 7) is 6.88. The molecule has 0 aliphatic heterocycles. The second-order valence-electron chi connectivity index (χ2n) is 21.7. The van der Waals surface area contributed by atoms with E-state index in [0.29, 0.717) is 11.9 Å². The van der Waals surface area contributed by atoms with Crippen LogP contribution in [0.15, 0.2) is 231 Å². The summed E-state index contributed by atoms with van der Waals surface area (Å²) in [7, 11) is 0. The summed E-state index contributed by atoms with van der Waals surface area (Å²) < 4.78 is 14.5. The van der Waals surface area contributed by atoms with E-state index in [4.69, 9.17) is 26.5 Å². The summed E-state index contributed by atoms with van der Waals surface area (Å²) in [5.74, 6) is 1.16. The molecule has 0 bridgehead atoms. The van der Waals surface area contributed by atoms with Gasteiger partial charge in [0.15, 0.2) is 0 Å². The lowest BCUT2D eigenvalue weighted by atomic mass is 10.0. The van der Waals surface area contributed by atoms with Crippen LogP contribution in [-0.2, 0) is 0 Å². The van der Waals surface area contributed by atoms with Crippen LogP contribution in [0.25, 0.3) is 178 Å². The Bertz CT molecular complexity index is 5910. The molecule has 0 aliphatic carbocycles. The van der Waals surface area contributed by atoms with Crippen LogP contribution in [0.2, 0.25) is 0 Å². The molecule has 0 unspecified atom stereocenters. The number of para-hydroxylation sites is 2. The number of hydrogen-bond donors (Lipinski definition) is 0. The molecule has 18 rings (SSSR count). The summed E-state index contributed by atoms with van der Waals surface area (Å²) in [5.41, 5.74) is 11.2. The number of aromatic nitrogens is 6. The smallest absolute Gasteiger partial charge is 0.235 e. The van der Waals surface area contributed by atoms with Gasteiger partial charge in [-0.3, -0.25) is 9.13 Å². The Morgan fingerprint density at radius 2 is 0.718 bits per heavy atom. The molecular weight excluding hydrogens is 1110 g/mol. The van der Waals surface area contributed by atoms with Gasteiger partial charge in [0.05, 0.1) is 44.8 Å². The van der Waals surface area contributed by atoms with Gasteiger partial charge in [0.25, 0.3) is 0 Å². The van der Waals surface area contributed by atoms with Crippen molar-refractivity contribution in [1.82, 2.24) is 29.1 Å². The van der Waals surface area contributed by atoms with E-state index in [0.717, 1.165) is 93.9 Å². The zero-order valence-corrected chi connectivity index (χ0v) is 48.8. The highest BCUT2D eigenvalue weighted by Crippen LogP contribution is 2.43. The topological polar surface area (TPSA) is 61.4 Å². The Balaban J connectivity index is 0.876. The summed E-state index contributed by atoms with van der Waals surface area (Å²) in [4.78, 5) is 22.4. The minimum atomic E-state index is 0.565. The molecule has 0 spiro atoms. The first kappa shape index (κ1) is 48.6. The number of fused-ring (bicyclic) bond motifs is 16. The van der Waals surface area contributed by atoms with Crippen molar-refractivity contribution in [3.8, 4) is 45.7 Å². The summed E-state index contributed by atoms with van der Waals surface area (Å²) in [6, 6.07) is 81.2. The Kier molecular flexibility index (Phi) is 10.7. The third-order valence-corrected chi connectivity index (χ3v) is 21.6. The van der Waals surface area contributed by atoms with E-state index in [1.165, 1.54) is 75.1 Å². The molecule has 0 fully saturated rings. The van der Waals surface area contributed by atoms with Crippen LogP contribution in [0.1, 0.15) is 12.6 Å². The highest BCUT2D eigenvalue weighted by molar-refractivity contribution is 7.26. The number of benzene rings is 10. The van der Waals surface area contributed by atoms with Gasteiger partial charge in [0, 0.05) is 119 Å². The molecule has 8 heterocycles. The minimum Gasteiger partial charge on any atom is -0.278 e. The predicted molar refractivity (Wildman–Crippen MR) is 366 cm³/mol. The van der Waals surface area contributed by atoms with Crippen molar-refractivity contribution in [1.29, 1.82) is 0 Å². The molecular formula is C75H44N6S4. The number of hydrogen-bond acceptors (Lipinski definition) is 8. The average molecular weight is 1160 g/mol. The van der Waals surface area contributed by atoms with Crippen molar-refractivity contribution in [2.75, 3.05) is 0 Å². The van der Waals surface area contributed by atoms with Crippen LogP contribution >= 0.6 is 45.3 Å². The van der Waals surface area contributed by atoms with Crippen molar-refractivity contribution in [3.05, 3.63) is 246 Å². The first-order valence-electron chi connectivity index (χ1n) is 28.3. The van der Waals surface area contributed by atoms with Gasteiger partial charge in [-0.15, -0.1) is 45.3 Å². The SMILES string of the molecule is C=C(/C=c1\c(=C/C)sc2ccccc12)c1cc(-c2ccc3sc4ccccc4c3c2)nc(-n2c3ccccc3c3cc4c(cc32)c2ccccc2n4-c2nc(-c3ccc4sc5ccccc5c4c3)cc(-c3ccc4sc5ccccc5c4c3)n2)n1. The number of nitrogens with zero attached hydrogens (tertiary/aromatic N) is 6. The van der Waals surface area contributed by atoms with Crippen LogP contribution in [-0.4, -0.2) is 29.1 Å². The van der Waals surface area contributed by atoms with Gasteiger partial charge in [0.2, 0.25) is 11.9 Å². The van der Waals surface area contributed by atoms with Gasteiger partial charge in [-0.05, 0) is 116 Å². The van der Waals surface area contributed by atoms with Crippen LogP contribution in [0.3, 0.4) is 0 Å². The van der Waals surface area contributed by atoms with Gasteiger partial charge < -0.3 is 0 Å². The van der Waals surface area contributed by atoms with Crippen molar-refractivity contribution >= 4 is 177 Å². The first-order valence-corrected chi connectivity index (χ1v) is 31.6. The highest BCUT2D eigenvalue weighted by Gasteiger charge is 2.24. The van der Waals surface area contributed by atoms with Crippen molar-refractivity contribution in [2.24, 2.45) is 0 Å². The molecule has 0 saturated heterocycles. The van der Waals surface area contributed by atoms with Crippen LogP contribution in [0.5, 0.6) is 0 Å². The molecule has 398 valence electrons. The quantitative estimate of drug-likeness (QED) is 0.160. The standard InChI is InChI=1S/C75H44N6S4/c1-3-66-54(48-18-6-12-24-67(48)82-66)34-42(2)58-40-59(43-28-31-71-55(35-43)49-19-7-13-25-68(49)83-71)77-74(76-58)80-62-22-10-4-16-46(62)52-39-65-53(38-64(52)80)47-17-5-11-23-63(47)81(65)75-78-60(44-29-32-72-56(36-44)50-20-8-14-26-69(50)84-72)41-61(79-75)45-30-33-73-57(37-45)51-21-9-15-27-70(51)85-73/h3-41H,2H2,1H3/b54-34-,66-3+. The van der Waals surface area contributed by atoms with Gasteiger partial charge in [-0.2, -0.15) is 0 Å². The van der Waals surface area contributed by atoms with Gasteiger partial charge in [0.1, 0.15) is 0 Å². The van der Waals surface area contributed by atoms with Crippen LogP contribution in [0.4, 0.5) is 0 Å². The van der Waals surface area contributed by atoms with E-state index in [2.05, 4.69) is 253 Å². The van der Waals surface area contributed by atoms with E-state index in [1.807, 2.05) is 34.0 Å². The summed E-state index contributed by atoms with van der Waals surface area (Å²) >= 11 is 7.27. The number of allylic oxidation sites excluding steroid dienone is 1. The number of rotatable bonds is 7. The summed E-state index contributed by atoms with van der Waals surface area (Å²) in [6.07, 6.45) is 4.40. The predicted octanol–water partition coefficient (Wildman–Crippen LogP) is 20.1. The molecule has 0 aliphatic rings. The van der Waals surface area contributed by atoms with Crippen molar-refractivity contribution in [3.63, 3.8) is 0 Å². The third kappa shape index (κ3) is 7.59. The van der Waals surface area contributed by atoms with Gasteiger partial charge in [-0.25, -0.2) is 19.9 Å². The maximum absolute atomic E-state index is 5.61. The minimum absolute atomic E-state index is 0.565. The van der Waals surface area contributed by atoms with E-state index in [9.17, 15) is 0 Å². The van der Waals surface area contributed by atoms with E-state index in [-0.39, 0.29) is 0 Å². The van der Waals surface area contributed by atoms with Gasteiger partial charge in [-0.1, -0.05) is 140 Å². The first-order chi connectivity index (χ1) is 41.9. The van der Waals surface area contributed by atoms with Gasteiger partial charge >= 0.3 is 0 Å². The Morgan fingerprint density at radius 3 is 1.18 bits per heavy atom. The van der Waals surface area contributed by atoms with Crippen molar-refractivity contribution in [2.45, 2.75) is 6.92 Å². The molecule has 0 amide bonds. The Morgan fingerprint density at radius 1 is 0.341 bits per heavy atom. The maximum atomic E-state index is 5.61. The zero-order valence-electron chi connectivity index (χ0n) is 45.5. The van der Waals surface area contributed by atoms with Crippen LogP contribution < -0.4 is 9.75 Å². The molecule has 0 radical (unpaired) electrons. The molecule has 10 heteroatoms. The molecule has 6 nitrogen and oxygen atoms in total. The molecule has 0 N–H and O–H groups in total. The normalized spacial score (nSPS) is 12.7. The fourth-order valence-corrected chi connectivity index (χ4v) is 17.2. The molecule has 10 aromatic carbocycles. The largest absolute Gasteiger partial charge is 0.278 e. The maximum Gasteiger partial charge on any atom is 0.235 e.